The number of methoxy groups -OCH3 is 1. The molecule has 1 aliphatic heterocycles. The van der Waals surface area contributed by atoms with Gasteiger partial charge >= 0.3 is 0 Å². The van der Waals surface area contributed by atoms with E-state index in [-0.39, 0.29) is 6.04 Å². The zero-order valence-corrected chi connectivity index (χ0v) is 17.9. The van der Waals surface area contributed by atoms with Gasteiger partial charge in [-0.2, -0.15) is 5.10 Å². The Labute approximate surface area is 178 Å². The Kier molecular flexibility index (Phi) is 6.64. The van der Waals surface area contributed by atoms with Gasteiger partial charge in [-0.05, 0) is 43.9 Å². The first kappa shape index (κ1) is 20.4. The van der Waals surface area contributed by atoms with E-state index in [0.29, 0.717) is 6.04 Å². The van der Waals surface area contributed by atoms with E-state index in [9.17, 15) is 0 Å². The SMILES string of the molecule is COc1ccccc1N1CCC[C@@H](N[C@H](CCn2cncn2)c2ccc(C)cc2)C1. The summed E-state index contributed by atoms with van der Waals surface area (Å²) in [5.74, 6) is 0.944. The molecule has 2 aromatic carbocycles. The van der Waals surface area contributed by atoms with E-state index in [0.717, 1.165) is 31.8 Å². The van der Waals surface area contributed by atoms with E-state index in [1.165, 1.54) is 29.7 Å². The molecule has 158 valence electrons. The number of nitrogens with zero attached hydrogens (tertiary/aromatic N) is 4. The second kappa shape index (κ2) is 9.76. The smallest absolute Gasteiger partial charge is 0.142 e. The maximum atomic E-state index is 5.60. The molecule has 0 unspecified atom stereocenters. The monoisotopic (exact) mass is 405 g/mol. The van der Waals surface area contributed by atoms with Crippen LogP contribution in [0.3, 0.4) is 0 Å². The van der Waals surface area contributed by atoms with Gasteiger partial charge in [0.1, 0.15) is 18.4 Å². The topological polar surface area (TPSA) is 55.2 Å². The van der Waals surface area contributed by atoms with Gasteiger partial charge in [-0.25, -0.2) is 4.98 Å². The van der Waals surface area contributed by atoms with Gasteiger partial charge in [0.2, 0.25) is 0 Å². The standard InChI is InChI=1S/C24H31N5O/c1-19-9-11-20(12-10-19)22(13-15-29-18-25-17-26-29)27-21-6-5-14-28(16-21)23-7-3-4-8-24(23)30-2/h3-4,7-12,17-18,21-22,27H,5-6,13-16H2,1-2H3/t21-,22-/m1/s1. The molecule has 1 fully saturated rings. The van der Waals surface area contributed by atoms with Crippen molar-refractivity contribution in [3.8, 4) is 5.75 Å². The molecule has 4 rings (SSSR count). The van der Waals surface area contributed by atoms with Crippen LogP contribution in [-0.4, -0.2) is 41.0 Å². The third kappa shape index (κ3) is 5.00. The molecule has 6 heteroatoms. The zero-order chi connectivity index (χ0) is 20.8. The summed E-state index contributed by atoms with van der Waals surface area (Å²) in [6, 6.07) is 17.9. The molecule has 30 heavy (non-hydrogen) atoms. The van der Waals surface area contributed by atoms with Crippen molar-refractivity contribution in [3.63, 3.8) is 0 Å². The maximum Gasteiger partial charge on any atom is 0.142 e. The number of aryl methyl sites for hydroxylation is 2. The number of hydrogen-bond donors (Lipinski definition) is 1. The summed E-state index contributed by atoms with van der Waals surface area (Å²) in [5, 5.41) is 8.22. The number of aromatic nitrogens is 3. The lowest BCUT2D eigenvalue weighted by Crippen LogP contribution is -2.47. The van der Waals surface area contributed by atoms with Crippen molar-refractivity contribution in [2.75, 3.05) is 25.1 Å². The van der Waals surface area contributed by atoms with Gasteiger partial charge in [-0.15, -0.1) is 0 Å². The number of benzene rings is 2. The predicted octanol–water partition coefficient (Wildman–Crippen LogP) is 3.99. The van der Waals surface area contributed by atoms with Crippen molar-refractivity contribution in [1.82, 2.24) is 20.1 Å². The van der Waals surface area contributed by atoms with E-state index in [4.69, 9.17) is 4.74 Å². The van der Waals surface area contributed by atoms with E-state index in [1.807, 2.05) is 16.8 Å². The average Bonchev–Trinajstić information content (AvgIpc) is 3.31. The Morgan fingerprint density at radius 1 is 1.17 bits per heavy atom. The fourth-order valence-corrected chi connectivity index (χ4v) is 4.26. The molecule has 0 saturated carbocycles. The number of nitrogens with one attached hydrogen (secondary N) is 1. The van der Waals surface area contributed by atoms with Crippen LogP contribution in [0.5, 0.6) is 5.75 Å². The molecule has 2 atom stereocenters. The Bertz CT molecular complexity index is 910. The van der Waals surface area contributed by atoms with E-state index in [2.05, 4.69) is 63.6 Å². The zero-order valence-electron chi connectivity index (χ0n) is 17.9. The lowest BCUT2D eigenvalue weighted by Gasteiger charge is -2.37. The molecule has 2 heterocycles. The lowest BCUT2D eigenvalue weighted by molar-refractivity contribution is 0.349. The highest BCUT2D eigenvalue weighted by atomic mass is 16.5. The molecular formula is C24H31N5O. The average molecular weight is 406 g/mol. The third-order valence-electron chi connectivity index (χ3n) is 5.88. The van der Waals surface area contributed by atoms with Gasteiger partial charge in [-0.3, -0.25) is 4.68 Å². The van der Waals surface area contributed by atoms with Gasteiger partial charge in [-0.1, -0.05) is 42.0 Å². The van der Waals surface area contributed by atoms with Crippen LogP contribution in [0.25, 0.3) is 0 Å². The molecular weight excluding hydrogens is 374 g/mol. The van der Waals surface area contributed by atoms with Gasteiger partial charge in [0, 0.05) is 31.7 Å². The number of piperidine rings is 1. The van der Waals surface area contributed by atoms with Gasteiger partial charge in [0.15, 0.2) is 0 Å². The van der Waals surface area contributed by atoms with E-state index < -0.39 is 0 Å². The molecule has 3 aromatic rings. The number of anilines is 1. The summed E-state index contributed by atoms with van der Waals surface area (Å²) in [7, 11) is 1.75. The van der Waals surface area contributed by atoms with Crippen LogP contribution in [0, 0.1) is 6.92 Å². The maximum absolute atomic E-state index is 5.60. The number of hydrogen-bond acceptors (Lipinski definition) is 5. The molecule has 0 aliphatic carbocycles. The number of rotatable bonds is 8. The Balaban J connectivity index is 1.47. The highest BCUT2D eigenvalue weighted by molar-refractivity contribution is 5.58. The van der Waals surface area contributed by atoms with Crippen LogP contribution in [0.1, 0.15) is 36.4 Å². The second-order valence-corrected chi connectivity index (χ2v) is 8.03. The molecule has 1 aliphatic rings. The molecule has 0 amide bonds. The van der Waals surface area contributed by atoms with Crippen LogP contribution >= 0.6 is 0 Å². The highest BCUT2D eigenvalue weighted by Gasteiger charge is 2.25. The van der Waals surface area contributed by atoms with Crippen molar-refractivity contribution in [3.05, 3.63) is 72.3 Å². The van der Waals surface area contributed by atoms with Crippen molar-refractivity contribution in [2.24, 2.45) is 0 Å². The van der Waals surface area contributed by atoms with Gasteiger partial charge in [0.05, 0.1) is 12.8 Å². The van der Waals surface area contributed by atoms with E-state index in [1.54, 1.807) is 19.8 Å². The predicted molar refractivity (Wildman–Crippen MR) is 120 cm³/mol. The van der Waals surface area contributed by atoms with Crippen molar-refractivity contribution in [2.45, 2.75) is 44.8 Å². The summed E-state index contributed by atoms with van der Waals surface area (Å²) in [6.45, 7) is 5.02. The van der Waals surface area contributed by atoms with Crippen LogP contribution in [0.2, 0.25) is 0 Å². The first-order valence-corrected chi connectivity index (χ1v) is 10.8. The number of ether oxygens (including phenoxy) is 1. The minimum absolute atomic E-state index is 0.275. The van der Waals surface area contributed by atoms with Crippen LogP contribution in [0.4, 0.5) is 5.69 Å². The quantitative estimate of drug-likeness (QED) is 0.614. The first-order valence-electron chi connectivity index (χ1n) is 10.8. The summed E-state index contributed by atoms with van der Waals surface area (Å²) in [5.41, 5.74) is 3.80. The molecule has 1 saturated heterocycles. The van der Waals surface area contributed by atoms with Gasteiger partial charge in [0.25, 0.3) is 0 Å². The molecule has 1 aromatic heterocycles. The van der Waals surface area contributed by atoms with Crippen molar-refractivity contribution in [1.29, 1.82) is 0 Å². The minimum atomic E-state index is 0.275. The Hall–Kier alpha value is -2.86. The van der Waals surface area contributed by atoms with Gasteiger partial charge < -0.3 is 15.0 Å². The summed E-state index contributed by atoms with van der Waals surface area (Å²) in [4.78, 5) is 6.52. The second-order valence-electron chi connectivity index (χ2n) is 8.03. The molecule has 0 spiro atoms. The molecule has 0 radical (unpaired) electrons. The lowest BCUT2D eigenvalue weighted by atomic mass is 9.98. The van der Waals surface area contributed by atoms with Crippen LogP contribution in [0.15, 0.2) is 61.2 Å². The first-order chi connectivity index (χ1) is 14.7. The number of para-hydroxylation sites is 2. The molecule has 0 bridgehead atoms. The Morgan fingerprint density at radius 3 is 2.77 bits per heavy atom. The molecule has 6 nitrogen and oxygen atoms in total. The minimum Gasteiger partial charge on any atom is -0.495 e. The summed E-state index contributed by atoms with van der Waals surface area (Å²) in [6.07, 6.45) is 6.70. The van der Waals surface area contributed by atoms with E-state index >= 15 is 0 Å². The van der Waals surface area contributed by atoms with Crippen molar-refractivity contribution < 1.29 is 4.74 Å². The normalized spacial score (nSPS) is 17.7. The van der Waals surface area contributed by atoms with Crippen molar-refractivity contribution >= 4 is 5.69 Å². The Morgan fingerprint density at radius 2 is 2.00 bits per heavy atom. The summed E-state index contributed by atoms with van der Waals surface area (Å²) >= 11 is 0. The summed E-state index contributed by atoms with van der Waals surface area (Å²) < 4.78 is 7.51. The van der Waals surface area contributed by atoms with Crippen LogP contribution in [-0.2, 0) is 6.54 Å². The van der Waals surface area contributed by atoms with Crippen LogP contribution < -0.4 is 15.0 Å². The highest BCUT2D eigenvalue weighted by Crippen LogP contribution is 2.30. The fraction of sp³-hybridized carbons (Fsp3) is 0.417. The third-order valence-corrected chi connectivity index (χ3v) is 5.88. The largest absolute Gasteiger partial charge is 0.495 e. The fourth-order valence-electron chi connectivity index (χ4n) is 4.26. The molecule has 1 N–H and O–H groups in total.